The summed E-state index contributed by atoms with van der Waals surface area (Å²) in [4.78, 5) is 50.7. The summed E-state index contributed by atoms with van der Waals surface area (Å²) < 4.78 is 0. The molecule has 2 N–H and O–H groups in total. The summed E-state index contributed by atoms with van der Waals surface area (Å²) in [5, 5.41) is 17.1. The summed E-state index contributed by atoms with van der Waals surface area (Å²) in [5.74, 6) is -0.964. The van der Waals surface area contributed by atoms with Crippen molar-refractivity contribution in [2.75, 3.05) is 23.7 Å². The molecule has 0 spiro atoms. The minimum Gasteiger partial charge on any atom is -0.383 e. The normalized spacial score (nSPS) is 24.4. The lowest BCUT2D eigenvalue weighted by atomic mass is 9.85. The fourth-order valence-corrected chi connectivity index (χ4v) is 5.40. The number of anilines is 2. The molecule has 1 aliphatic heterocycles. The van der Waals surface area contributed by atoms with Crippen LogP contribution in [0.25, 0.3) is 0 Å². The maximum absolute atomic E-state index is 13.0. The Morgan fingerprint density at radius 3 is 2.44 bits per heavy atom. The molecule has 0 unspecified atom stereocenters. The second kappa shape index (κ2) is 8.40. The number of aryl methyl sites for hydroxylation is 1. The molecule has 1 heterocycles. The lowest BCUT2D eigenvalue weighted by Crippen LogP contribution is -2.36. The molecule has 34 heavy (non-hydrogen) atoms. The average Bonchev–Trinajstić information content (AvgIpc) is 3.49. The molecule has 2 aromatic carbocycles. The molecule has 2 aliphatic carbocycles. The minimum absolute atomic E-state index is 0.105. The Kier molecular flexibility index (Phi) is 5.39. The number of carbonyl (C=O) groups excluding carboxylic acids is 3. The van der Waals surface area contributed by atoms with Crippen molar-refractivity contribution < 1.29 is 19.3 Å². The quantitative estimate of drug-likeness (QED) is 0.283. The van der Waals surface area contributed by atoms with Crippen molar-refractivity contribution in [2.24, 2.45) is 23.7 Å². The predicted molar refractivity (Wildman–Crippen MR) is 125 cm³/mol. The number of amides is 3. The highest BCUT2D eigenvalue weighted by Crippen LogP contribution is 2.52. The van der Waals surface area contributed by atoms with Gasteiger partial charge in [-0.1, -0.05) is 24.3 Å². The number of likely N-dealkylation sites (tertiary alicyclic amines) is 1. The minimum atomic E-state index is -0.560. The molecule has 1 saturated heterocycles. The van der Waals surface area contributed by atoms with Crippen molar-refractivity contribution in [2.45, 2.75) is 13.3 Å². The van der Waals surface area contributed by atoms with Gasteiger partial charge in [-0.15, -0.1) is 0 Å². The summed E-state index contributed by atoms with van der Waals surface area (Å²) in [6, 6.07) is 11.2. The third kappa shape index (κ3) is 3.72. The van der Waals surface area contributed by atoms with Crippen molar-refractivity contribution in [1.29, 1.82) is 0 Å². The van der Waals surface area contributed by atoms with Crippen LogP contribution in [-0.2, 0) is 9.59 Å². The number of hydrogen-bond acceptors (Lipinski definition) is 6. The first kappa shape index (κ1) is 21.8. The first-order chi connectivity index (χ1) is 16.3. The molecule has 2 fully saturated rings. The highest BCUT2D eigenvalue weighted by Gasteiger charge is 2.58. The van der Waals surface area contributed by atoms with E-state index in [9.17, 15) is 24.5 Å². The maximum atomic E-state index is 13.0. The monoisotopic (exact) mass is 460 g/mol. The fraction of sp³-hybridized carbons (Fsp3) is 0.320. The largest absolute Gasteiger partial charge is 0.383 e. The zero-order chi connectivity index (χ0) is 24.0. The fourth-order valence-electron chi connectivity index (χ4n) is 5.40. The number of allylic oxidation sites excluding steroid dienone is 2. The Hall–Kier alpha value is -4.01. The molecule has 3 amide bonds. The summed E-state index contributed by atoms with van der Waals surface area (Å²) in [6.45, 7) is 2.29. The molecule has 1 saturated carbocycles. The number of fused-ring (bicyclic) bond motifs is 5. The van der Waals surface area contributed by atoms with Crippen molar-refractivity contribution >= 4 is 34.8 Å². The molecule has 2 aromatic rings. The van der Waals surface area contributed by atoms with Gasteiger partial charge in [0.15, 0.2) is 0 Å². The number of hydrogen-bond donors (Lipinski definition) is 2. The second-order valence-electron chi connectivity index (χ2n) is 9.07. The number of imide groups is 1. The van der Waals surface area contributed by atoms with E-state index in [4.69, 9.17) is 0 Å². The Balaban J connectivity index is 1.30. The van der Waals surface area contributed by atoms with Crippen LogP contribution in [0.4, 0.5) is 17.1 Å². The summed E-state index contributed by atoms with van der Waals surface area (Å²) in [7, 11) is 0. The Morgan fingerprint density at radius 1 is 1.09 bits per heavy atom. The van der Waals surface area contributed by atoms with Gasteiger partial charge >= 0.3 is 0 Å². The SMILES string of the molecule is Cc1cccc(NC(=O)c2cc([N+](=O)[O-])ccc2NCCN2C(=O)[C@@H]3[C@H](C2=O)[C@H]2C=C[C@H]3C2)c1. The van der Waals surface area contributed by atoms with Gasteiger partial charge in [0.1, 0.15) is 0 Å². The van der Waals surface area contributed by atoms with E-state index >= 15 is 0 Å². The van der Waals surface area contributed by atoms with Crippen molar-refractivity contribution in [3.63, 3.8) is 0 Å². The summed E-state index contributed by atoms with van der Waals surface area (Å²) >= 11 is 0. The topological polar surface area (TPSA) is 122 Å². The summed E-state index contributed by atoms with van der Waals surface area (Å²) in [6.07, 6.45) is 4.98. The van der Waals surface area contributed by atoms with Crippen LogP contribution in [0.3, 0.4) is 0 Å². The zero-order valence-corrected chi connectivity index (χ0v) is 18.6. The van der Waals surface area contributed by atoms with Crippen molar-refractivity contribution in [3.8, 4) is 0 Å². The van der Waals surface area contributed by atoms with Crippen LogP contribution in [0.2, 0.25) is 0 Å². The third-order valence-corrected chi connectivity index (χ3v) is 6.95. The summed E-state index contributed by atoms with van der Waals surface area (Å²) in [5.41, 5.74) is 1.82. The lowest BCUT2D eigenvalue weighted by molar-refractivity contribution is -0.384. The van der Waals surface area contributed by atoms with E-state index in [0.717, 1.165) is 12.0 Å². The van der Waals surface area contributed by atoms with Crippen LogP contribution in [-0.4, -0.2) is 40.6 Å². The van der Waals surface area contributed by atoms with E-state index in [1.165, 1.54) is 23.1 Å². The molecule has 2 bridgehead atoms. The number of rotatable bonds is 7. The van der Waals surface area contributed by atoms with E-state index in [0.29, 0.717) is 11.4 Å². The van der Waals surface area contributed by atoms with Crippen LogP contribution in [0.15, 0.2) is 54.6 Å². The average molecular weight is 460 g/mol. The van der Waals surface area contributed by atoms with E-state index in [-0.39, 0.29) is 59.8 Å². The number of non-ortho nitro benzene ring substituents is 1. The van der Waals surface area contributed by atoms with Crippen molar-refractivity contribution in [3.05, 3.63) is 75.9 Å². The van der Waals surface area contributed by atoms with Crippen LogP contribution < -0.4 is 10.6 Å². The van der Waals surface area contributed by atoms with Crippen LogP contribution >= 0.6 is 0 Å². The van der Waals surface area contributed by atoms with E-state index in [1.54, 1.807) is 18.2 Å². The smallest absolute Gasteiger partial charge is 0.270 e. The van der Waals surface area contributed by atoms with E-state index in [2.05, 4.69) is 22.8 Å². The number of benzene rings is 2. The van der Waals surface area contributed by atoms with Gasteiger partial charge in [-0.25, -0.2) is 0 Å². The molecule has 9 nitrogen and oxygen atoms in total. The predicted octanol–water partition coefficient (Wildman–Crippen LogP) is 3.37. The highest BCUT2D eigenvalue weighted by atomic mass is 16.6. The van der Waals surface area contributed by atoms with Gasteiger partial charge in [0.05, 0.1) is 22.3 Å². The van der Waals surface area contributed by atoms with E-state index < -0.39 is 10.8 Å². The molecule has 0 radical (unpaired) electrons. The number of nitro benzene ring substituents is 1. The van der Waals surface area contributed by atoms with Gasteiger partial charge in [-0.2, -0.15) is 0 Å². The standard InChI is InChI=1S/C25H24N4O5/c1-14-3-2-4-17(11-14)27-23(30)19-13-18(29(33)34)7-8-20(19)26-9-10-28-24(31)21-15-5-6-16(12-15)22(21)25(28)32/h2-8,11,13,15-16,21-22,26H,9-10,12H2,1H3,(H,27,30)/t15-,16-,21-,22+/m0/s1. The Morgan fingerprint density at radius 2 is 1.79 bits per heavy atom. The maximum Gasteiger partial charge on any atom is 0.270 e. The number of nitro groups is 1. The molecule has 5 rings (SSSR count). The van der Waals surface area contributed by atoms with Crippen molar-refractivity contribution in [1.82, 2.24) is 4.90 Å². The van der Waals surface area contributed by atoms with Gasteiger partial charge in [-0.05, 0) is 48.9 Å². The number of carbonyl (C=O) groups is 3. The van der Waals surface area contributed by atoms with Crippen LogP contribution in [0.5, 0.6) is 0 Å². The first-order valence-corrected chi connectivity index (χ1v) is 11.3. The zero-order valence-electron chi connectivity index (χ0n) is 18.6. The molecular formula is C25H24N4O5. The lowest BCUT2D eigenvalue weighted by Gasteiger charge is -2.18. The molecule has 0 aromatic heterocycles. The van der Waals surface area contributed by atoms with E-state index in [1.807, 2.05) is 13.0 Å². The van der Waals surface area contributed by atoms with Gasteiger partial charge in [-0.3, -0.25) is 29.4 Å². The van der Waals surface area contributed by atoms with Gasteiger partial charge in [0.2, 0.25) is 11.8 Å². The van der Waals surface area contributed by atoms with Crippen LogP contribution in [0, 0.1) is 40.7 Å². The highest BCUT2D eigenvalue weighted by molar-refractivity contribution is 6.09. The first-order valence-electron chi connectivity index (χ1n) is 11.3. The molecule has 3 aliphatic rings. The number of nitrogens with zero attached hydrogens (tertiary/aromatic N) is 2. The molecule has 4 atom stereocenters. The Bertz CT molecular complexity index is 1210. The van der Waals surface area contributed by atoms with Gasteiger partial charge in [0.25, 0.3) is 11.6 Å². The molecular weight excluding hydrogens is 436 g/mol. The molecule has 9 heteroatoms. The number of nitrogens with one attached hydrogen (secondary N) is 2. The Labute approximate surface area is 196 Å². The van der Waals surface area contributed by atoms with Crippen LogP contribution in [0.1, 0.15) is 22.3 Å². The van der Waals surface area contributed by atoms with Gasteiger partial charge in [0, 0.05) is 36.6 Å². The second-order valence-corrected chi connectivity index (χ2v) is 9.07. The molecule has 174 valence electrons. The van der Waals surface area contributed by atoms with Gasteiger partial charge < -0.3 is 10.6 Å². The third-order valence-electron chi connectivity index (χ3n) is 6.95.